The van der Waals surface area contributed by atoms with Crippen molar-refractivity contribution in [2.24, 2.45) is 5.41 Å². The van der Waals surface area contributed by atoms with E-state index in [2.05, 4.69) is 46.8 Å². The zero-order valence-electron chi connectivity index (χ0n) is 12.2. The molecular weight excluding hydrogens is 208 g/mol. The van der Waals surface area contributed by atoms with Crippen molar-refractivity contribution in [3.8, 4) is 0 Å². The van der Waals surface area contributed by atoms with Gasteiger partial charge < -0.3 is 4.74 Å². The zero-order valence-corrected chi connectivity index (χ0v) is 12.2. The van der Waals surface area contributed by atoms with Gasteiger partial charge in [-0.05, 0) is 50.5 Å². The number of ether oxygens (including phenoxy) is 1. The molecule has 0 saturated heterocycles. The Hall–Kier alpha value is -0.560. The molecule has 17 heavy (non-hydrogen) atoms. The SMILES string of the molecule is CCCOC(C)/C=C/C1=C(C)CCCC1(C)C. The fraction of sp³-hybridized carbons (Fsp3) is 0.750. The average Bonchev–Trinajstić information content (AvgIpc) is 2.24. The van der Waals surface area contributed by atoms with Crippen molar-refractivity contribution in [1.82, 2.24) is 0 Å². The van der Waals surface area contributed by atoms with Crippen LogP contribution in [0.1, 0.15) is 60.3 Å². The maximum Gasteiger partial charge on any atom is 0.0730 e. The van der Waals surface area contributed by atoms with E-state index in [1.54, 1.807) is 5.57 Å². The van der Waals surface area contributed by atoms with E-state index in [-0.39, 0.29) is 6.10 Å². The summed E-state index contributed by atoms with van der Waals surface area (Å²) < 4.78 is 5.68. The first-order valence-corrected chi connectivity index (χ1v) is 6.97. The van der Waals surface area contributed by atoms with Crippen LogP contribution >= 0.6 is 0 Å². The monoisotopic (exact) mass is 236 g/mol. The molecule has 98 valence electrons. The lowest BCUT2D eigenvalue weighted by molar-refractivity contribution is 0.0979. The third-order valence-corrected chi connectivity index (χ3v) is 3.66. The molecule has 0 heterocycles. The second kappa shape index (κ2) is 6.39. The van der Waals surface area contributed by atoms with Gasteiger partial charge in [-0.15, -0.1) is 0 Å². The molecule has 1 unspecified atom stereocenters. The van der Waals surface area contributed by atoms with Crippen molar-refractivity contribution in [3.05, 3.63) is 23.3 Å². The minimum Gasteiger partial charge on any atom is -0.374 e. The predicted molar refractivity (Wildman–Crippen MR) is 75.2 cm³/mol. The lowest BCUT2D eigenvalue weighted by Gasteiger charge is -2.33. The van der Waals surface area contributed by atoms with Crippen LogP contribution in [0.25, 0.3) is 0 Å². The van der Waals surface area contributed by atoms with E-state index < -0.39 is 0 Å². The Balaban J connectivity index is 2.68. The first-order valence-electron chi connectivity index (χ1n) is 6.97. The van der Waals surface area contributed by atoms with Gasteiger partial charge in [-0.3, -0.25) is 0 Å². The second-order valence-electron chi connectivity index (χ2n) is 5.87. The average molecular weight is 236 g/mol. The summed E-state index contributed by atoms with van der Waals surface area (Å²) in [5.74, 6) is 0. The van der Waals surface area contributed by atoms with E-state index >= 15 is 0 Å². The van der Waals surface area contributed by atoms with Crippen LogP contribution in [0, 0.1) is 5.41 Å². The second-order valence-corrected chi connectivity index (χ2v) is 5.87. The van der Waals surface area contributed by atoms with E-state index in [1.807, 2.05) is 0 Å². The highest BCUT2D eigenvalue weighted by atomic mass is 16.5. The summed E-state index contributed by atoms with van der Waals surface area (Å²) >= 11 is 0. The molecule has 0 amide bonds. The lowest BCUT2D eigenvalue weighted by atomic mass is 9.72. The highest BCUT2D eigenvalue weighted by molar-refractivity contribution is 5.32. The van der Waals surface area contributed by atoms with E-state index in [9.17, 15) is 0 Å². The van der Waals surface area contributed by atoms with Crippen molar-refractivity contribution >= 4 is 0 Å². The molecule has 1 aliphatic carbocycles. The Kier molecular flexibility index (Phi) is 5.45. The molecule has 0 fully saturated rings. The van der Waals surface area contributed by atoms with Gasteiger partial charge in [-0.2, -0.15) is 0 Å². The topological polar surface area (TPSA) is 9.23 Å². The Labute approximate surface area is 107 Å². The van der Waals surface area contributed by atoms with Gasteiger partial charge in [0.2, 0.25) is 0 Å². The van der Waals surface area contributed by atoms with Crippen molar-refractivity contribution in [2.75, 3.05) is 6.61 Å². The third kappa shape index (κ3) is 4.31. The van der Waals surface area contributed by atoms with Gasteiger partial charge >= 0.3 is 0 Å². The highest BCUT2D eigenvalue weighted by Gasteiger charge is 2.26. The first kappa shape index (κ1) is 14.5. The molecule has 1 nitrogen and oxygen atoms in total. The molecule has 1 atom stereocenters. The molecule has 0 aromatic carbocycles. The number of hydrogen-bond acceptors (Lipinski definition) is 1. The molecule has 1 heteroatoms. The molecule has 1 aliphatic rings. The van der Waals surface area contributed by atoms with Gasteiger partial charge in [0.25, 0.3) is 0 Å². The number of allylic oxidation sites excluding steroid dienone is 3. The standard InChI is InChI=1S/C16H28O/c1-6-12-17-14(3)9-10-15-13(2)8-7-11-16(15,4)5/h9-10,14H,6-8,11-12H2,1-5H3/b10-9+. The summed E-state index contributed by atoms with van der Waals surface area (Å²) in [7, 11) is 0. The normalized spacial score (nSPS) is 22.2. The molecule has 1 rings (SSSR count). The van der Waals surface area contributed by atoms with Gasteiger partial charge in [0.05, 0.1) is 6.10 Å². The summed E-state index contributed by atoms with van der Waals surface area (Å²) in [6, 6.07) is 0. The molecule has 0 N–H and O–H groups in total. The quantitative estimate of drug-likeness (QED) is 0.660. The van der Waals surface area contributed by atoms with E-state index in [0.29, 0.717) is 5.41 Å². The lowest BCUT2D eigenvalue weighted by Crippen LogP contribution is -2.19. The van der Waals surface area contributed by atoms with Crippen LogP contribution in [0.5, 0.6) is 0 Å². The zero-order chi connectivity index (χ0) is 12.9. The Morgan fingerprint density at radius 1 is 1.41 bits per heavy atom. The van der Waals surface area contributed by atoms with Crippen LogP contribution in [0.15, 0.2) is 23.3 Å². The fourth-order valence-electron chi connectivity index (χ4n) is 2.60. The molecule has 0 radical (unpaired) electrons. The Morgan fingerprint density at radius 2 is 2.12 bits per heavy atom. The summed E-state index contributed by atoms with van der Waals surface area (Å²) in [4.78, 5) is 0. The molecule has 0 spiro atoms. The van der Waals surface area contributed by atoms with Gasteiger partial charge in [-0.25, -0.2) is 0 Å². The molecule has 0 bridgehead atoms. The van der Waals surface area contributed by atoms with Crippen molar-refractivity contribution in [1.29, 1.82) is 0 Å². The molecular formula is C16H28O. The molecule has 0 aliphatic heterocycles. The van der Waals surface area contributed by atoms with E-state index in [0.717, 1.165) is 13.0 Å². The van der Waals surface area contributed by atoms with Crippen LogP contribution in [-0.4, -0.2) is 12.7 Å². The van der Waals surface area contributed by atoms with E-state index in [4.69, 9.17) is 4.74 Å². The fourth-order valence-corrected chi connectivity index (χ4v) is 2.60. The van der Waals surface area contributed by atoms with E-state index in [1.165, 1.54) is 24.8 Å². The minimum atomic E-state index is 0.230. The minimum absolute atomic E-state index is 0.230. The van der Waals surface area contributed by atoms with Gasteiger partial charge in [0.15, 0.2) is 0 Å². The van der Waals surface area contributed by atoms with Crippen LogP contribution in [0.3, 0.4) is 0 Å². The third-order valence-electron chi connectivity index (χ3n) is 3.66. The summed E-state index contributed by atoms with van der Waals surface area (Å²) in [5.41, 5.74) is 3.42. The summed E-state index contributed by atoms with van der Waals surface area (Å²) in [6.07, 6.45) is 9.72. The van der Waals surface area contributed by atoms with Crippen molar-refractivity contribution in [2.45, 2.75) is 66.4 Å². The number of rotatable bonds is 5. The van der Waals surface area contributed by atoms with Crippen molar-refractivity contribution in [3.63, 3.8) is 0 Å². The summed E-state index contributed by atoms with van der Waals surface area (Å²) in [5, 5.41) is 0. The Morgan fingerprint density at radius 3 is 2.71 bits per heavy atom. The van der Waals surface area contributed by atoms with Gasteiger partial charge in [0, 0.05) is 6.61 Å². The van der Waals surface area contributed by atoms with Crippen LogP contribution in [-0.2, 0) is 4.74 Å². The maximum absolute atomic E-state index is 5.68. The number of hydrogen-bond donors (Lipinski definition) is 0. The highest BCUT2D eigenvalue weighted by Crippen LogP contribution is 2.40. The van der Waals surface area contributed by atoms with Crippen molar-refractivity contribution < 1.29 is 4.74 Å². The van der Waals surface area contributed by atoms with Crippen LogP contribution < -0.4 is 0 Å². The molecule has 0 aromatic rings. The predicted octanol–water partition coefficient (Wildman–Crippen LogP) is 4.88. The Bertz CT molecular complexity index is 297. The summed E-state index contributed by atoms with van der Waals surface area (Å²) in [6.45, 7) is 12.1. The van der Waals surface area contributed by atoms with Crippen LogP contribution in [0.2, 0.25) is 0 Å². The van der Waals surface area contributed by atoms with Gasteiger partial charge in [-0.1, -0.05) is 38.5 Å². The largest absolute Gasteiger partial charge is 0.374 e. The van der Waals surface area contributed by atoms with Gasteiger partial charge in [0.1, 0.15) is 0 Å². The molecule has 0 saturated carbocycles. The molecule has 0 aromatic heterocycles. The maximum atomic E-state index is 5.68. The van der Waals surface area contributed by atoms with Crippen LogP contribution in [0.4, 0.5) is 0 Å². The first-order chi connectivity index (χ1) is 7.97. The smallest absolute Gasteiger partial charge is 0.0730 e.